The molecule has 0 radical (unpaired) electrons. The second kappa shape index (κ2) is 4.24. The molecule has 0 aromatic heterocycles. The monoisotopic (exact) mass is 215 g/mol. The van der Waals surface area contributed by atoms with Gasteiger partial charge in [-0.1, -0.05) is 42.5 Å². The number of aliphatic hydroxyl groups is 1. The van der Waals surface area contributed by atoms with Crippen molar-refractivity contribution in [1.82, 2.24) is 0 Å². The molecule has 3 N–H and O–H groups in total. The Hall–Kier alpha value is -1.38. The van der Waals surface area contributed by atoms with Crippen LogP contribution in [-0.2, 0) is 5.54 Å². The molecule has 0 aliphatic rings. The van der Waals surface area contributed by atoms with Crippen molar-refractivity contribution in [2.75, 3.05) is 6.61 Å². The van der Waals surface area contributed by atoms with E-state index in [4.69, 9.17) is 10.8 Å². The molecule has 0 fully saturated rings. The van der Waals surface area contributed by atoms with Crippen LogP contribution in [0.25, 0.3) is 10.8 Å². The molecule has 1 atom stereocenters. The van der Waals surface area contributed by atoms with E-state index in [9.17, 15) is 0 Å². The second-order valence-corrected chi connectivity index (χ2v) is 4.42. The highest BCUT2D eigenvalue weighted by molar-refractivity contribution is 5.86. The smallest absolute Gasteiger partial charge is 0.0451 e. The summed E-state index contributed by atoms with van der Waals surface area (Å²) in [4.78, 5) is 0. The molecule has 2 heteroatoms. The lowest BCUT2D eigenvalue weighted by Crippen LogP contribution is -2.34. The number of benzene rings is 2. The minimum atomic E-state index is -0.477. The van der Waals surface area contributed by atoms with Gasteiger partial charge in [0.15, 0.2) is 0 Å². The number of rotatable bonds is 3. The lowest BCUT2D eigenvalue weighted by molar-refractivity contribution is 0.248. The average Bonchev–Trinajstić information content (AvgIpc) is 2.28. The lowest BCUT2D eigenvalue weighted by Gasteiger charge is -2.25. The van der Waals surface area contributed by atoms with Gasteiger partial charge >= 0.3 is 0 Å². The summed E-state index contributed by atoms with van der Waals surface area (Å²) in [5.41, 5.74) is 6.87. The summed E-state index contributed by atoms with van der Waals surface area (Å²) < 4.78 is 0. The molecule has 16 heavy (non-hydrogen) atoms. The van der Waals surface area contributed by atoms with Crippen LogP contribution >= 0.6 is 0 Å². The quantitative estimate of drug-likeness (QED) is 0.825. The highest BCUT2D eigenvalue weighted by Gasteiger charge is 2.22. The molecule has 0 heterocycles. The van der Waals surface area contributed by atoms with Crippen molar-refractivity contribution in [3.05, 3.63) is 48.0 Å². The number of fused-ring (bicyclic) bond motifs is 1. The Bertz CT molecular complexity index is 486. The highest BCUT2D eigenvalue weighted by atomic mass is 16.3. The van der Waals surface area contributed by atoms with Crippen LogP contribution in [0.1, 0.15) is 18.9 Å². The molecule has 0 unspecified atom stereocenters. The van der Waals surface area contributed by atoms with Crippen molar-refractivity contribution < 1.29 is 5.11 Å². The van der Waals surface area contributed by atoms with E-state index in [2.05, 4.69) is 18.2 Å². The van der Waals surface area contributed by atoms with Crippen LogP contribution < -0.4 is 5.73 Å². The zero-order chi connectivity index (χ0) is 11.6. The van der Waals surface area contributed by atoms with E-state index >= 15 is 0 Å². The van der Waals surface area contributed by atoms with Gasteiger partial charge in [0.2, 0.25) is 0 Å². The van der Waals surface area contributed by atoms with Crippen LogP contribution in [0.3, 0.4) is 0 Å². The first kappa shape index (κ1) is 11.1. The van der Waals surface area contributed by atoms with Crippen LogP contribution in [0.15, 0.2) is 42.5 Å². The van der Waals surface area contributed by atoms with Crippen molar-refractivity contribution >= 4 is 10.8 Å². The van der Waals surface area contributed by atoms with Gasteiger partial charge in [0.05, 0.1) is 0 Å². The van der Waals surface area contributed by atoms with Gasteiger partial charge in [-0.3, -0.25) is 0 Å². The van der Waals surface area contributed by atoms with Gasteiger partial charge in [0, 0.05) is 12.1 Å². The summed E-state index contributed by atoms with van der Waals surface area (Å²) in [6.45, 7) is 2.07. The normalized spacial score (nSPS) is 14.9. The van der Waals surface area contributed by atoms with Gasteiger partial charge in [-0.05, 0) is 29.7 Å². The van der Waals surface area contributed by atoms with Crippen LogP contribution in [0, 0.1) is 0 Å². The molecular weight excluding hydrogens is 198 g/mol. The van der Waals surface area contributed by atoms with Gasteiger partial charge in [0.25, 0.3) is 0 Å². The van der Waals surface area contributed by atoms with E-state index in [1.54, 1.807) is 0 Å². The number of nitrogens with two attached hydrogens (primary N) is 1. The predicted molar refractivity (Wildman–Crippen MR) is 67.2 cm³/mol. The number of hydrogen-bond acceptors (Lipinski definition) is 2. The van der Waals surface area contributed by atoms with Crippen molar-refractivity contribution in [3.63, 3.8) is 0 Å². The fraction of sp³-hybridized carbons (Fsp3) is 0.286. The first-order valence-electron chi connectivity index (χ1n) is 5.53. The Kier molecular flexibility index (Phi) is 2.95. The zero-order valence-electron chi connectivity index (χ0n) is 9.48. The molecule has 0 spiro atoms. The second-order valence-electron chi connectivity index (χ2n) is 4.42. The maximum atomic E-state index is 9.06. The SMILES string of the molecule is C[C@@](N)(CCO)c1cccc2ccccc12. The maximum Gasteiger partial charge on any atom is 0.0451 e. The van der Waals surface area contributed by atoms with Gasteiger partial charge < -0.3 is 10.8 Å². The van der Waals surface area contributed by atoms with Gasteiger partial charge in [-0.2, -0.15) is 0 Å². The van der Waals surface area contributed by atoms with Crippen molar-refractivity contribution in [2.24, 2.45) is 5.73 Å². The molecule has 0 aliphatic carbocycles. The molecule has 0 saturated carbocycles. The molecule has 2 aromatic rings. The topological polar surface area (TPSA) is 46.2 Å². The lowest BCUT2D eigenvalue weighted by atomic mass is 9.86. The fourth-order valence-electron chi connectivity index (χ4n) is 2.09. The zero-order valence-corrected chi connectivity index (χ0v) is 9.48. The van der Waals surface area contributed by atoms with Crippen molar-refractivity contribution in [3.8, 4) is 0 Å². The molecule has 0 amide bonds. The van der Waals surface area contributed by atoms with Crippen LogP contribution in [-0.4, -0.2) is 11.7 Å². The minimum absolute atomic E-state index is 0.107. The first-order chi connectivity index (χ1) is 7.65. The Morgan fingerprint density at radius 1 is 1.12 bits per heavy atom. The Balaban J connectivity index is 2.60. The molecule has 0 aliphatic heterocycles. The summed E-state index contributed by atoms with van der Waals surface area (Å²) in [6, 6.07) is 14.3. The van der Waals surface area contributed by atoms with Crippen LogP contribution in [0.5, 0.6) is 0 Å². The third-order valence-electron chi connectivity index (χ3n) is 3.04. The molecule has 0 bridgehead atoms. The average molecular weight is 215 g/mol. The third-order valence-corrected chi connectivity index (χ3v) is 3.04. The fourth-order valence-corrected chi connectivity index (χ4v) is 2.09. The molecule has 2 aromatic carbocycles. The van der Waals surface area contributed by atoms with E-state index in [-0.39, 0.29) is 6.61 Å². The van der Waals surface area contributed by atoms with E-state index < -0.39 is 5.54 Å². The standard InChI is InChI=1S/C14H17NO/c1-14(15,9-10-16)13-8-4-6-11-5-2-3-7-12(11)13/h2-8,16H,9-10,15H2,1H3/t14-/m1/s1. The number of hydrogen-bond donors (Lipinski definition) is 2. The van der Waals surface area contributed by atoms with E-state index in [0.717, 1.165) is 5.56 Å². The van der Waals surface area contributed by atoms with Crippen molar-refractivity contribution in [1.29, 1.82) is 0 Å². The predicted octanol–water partition coefficient (Wildman–Crippen LogP) is 2.40. The molecular formula is C14H17NO. The first-order valence-corrected chi connectivity index (χ1v) is 5.53. The van der Waals surface area contributed by atoms with Gasteiger partial charge in [-0.15, -0.1) is 0 Å². The highest BCUT2D eigenvalue weighted by Crippen LogP contribution is 2.28. The molecule has 2 rings (SSSR count). The molecule has 2 nitrogen and oxygen atoms in total. The van der Waals surface area contributed by atoms with Crippen molar-refractivity contribution in [2.45, 2.75) is 18.9 Å². The maximum absolute atomic E-state index is 9.06. The van der Waals surface area contributed by atoms with Crippen LogP contribution in [0.2, 0.25) is 0 Å². The van der Waals surface area contributed by atoms with E-state index in [0.29, 0.717) is 6.42 Å². The minimum Gasteiger partial charge on any atom is -0.396 e. The van der Waals surface area contributed by atoms with Gasteiger partial charge in [-0.25, -0.2) is 0 Å². The molecule has 84 valence electrons. The van der Waals surface area contributed by atoms with E-state index in [1.165, 1.54) is 10.8 Å². The Morgan fingerprint density at radius 3 is 2.56 bits per heavy atom. The Labute approximate surface area is 95.7 Å². The summed E-state index contributed by atoms with van der Waals surface area (Å²) in [5.74, 6) is 0. The number of aliphatic hydroxyl groups excluding tert-OH is 1. The van der Waals surface area contributed by atoms with E-state index in [1.807, 2.05) is 31.2 Å². The largest absolute Gasteiger partial charge is 0.396 e. The van der Waals surface area contributed by atoms with Crippen LogP contribution in [0.4, 0.5) is 0 Å². The summed E-state index contributed by atoms with van der Waals surface area (Å²) in [5, 5.41) is 11.4. The summed E-state index contributed by atoms with van der Waals surface area (Å²) in [6.07, 6.45) is 0.570. The Morgan fingerprint density at radius 2 is 1.81 bits per heavy atom. The molecule has 0 saturated heterocycles. The summed E-state index contributed by atoms with van der Waals surface area (Å²) in [7, 11) is 0. The van der Waals surface area contributed by atoms with Gasteiger partial charge in [0.1, 0.15) is 0 Å². The summed E-state index contributed by atoms with van der Waals surface area (Å²) >= 11 is 0. The third kappa shape index (κ3) is 1.94.